The quantitative estimate of drug-likeness (QED) is 0.895. The van der Waals surface area contributed by atoms with Crippen molar-refractivity contribution in [2.45, 2.75) is 25.7 Å². The van der Waals surface area contributed by atoms with Gasteiger partial charge in [-0.25, -0.2) is 9.78 Å². The van der Waals surface area contributed by atoms with Crippen molar-refractivity contribution in [1.82, 2.24) is 10.3 Å². The van der Waals surface area contributed by atoms with Crippen LogP contribution in [0.15, 0.2) is 29.8 Å². The van der Waals surface area contributed by atoms with Gasteiger partial charge < -0.3 is 15.5 Å². The van der Waals surface area contributed by atoms with Crippen LogP contribution < -0.4 is 15.5 Å². The van der Waals surface area contributed by atoms with E-state index >= 15 is 0 Å². The average molecular weight is 344 g/mol. The second-order valence-electron chi connectivity index (χ2n) is 5.90. The maximum atomic E-state index is 12.1. The van der Waals surface area contributed by atoms with Crippen LogP contribution in [0.1, 0.15) is 29.8 Å². The Morgan fingerprint density at radius 3 is 3.00 bits per heavy atom. The minimum atomic E-state index is -0.237. The SMILES string of the molecule is C[C@@H](CNC(=O)Nc1ccc2c(c1)CCC(=O)N2C)c1nccs1. The number of nitrogens with one attached hydrogen (secondary N) is 2. The van der Waals surface area contributed by atoms with Crippen LogP contribution in [0, 0.1) is 0 Å². The number of benzene rings is 1. The third-order valence-corrected chi connectivity index (χ3v) is 5.13. The van der Waals surface area contributed by atoms with Gasteiger partial charge in [0.15, 0.2) is 0 Å². The van der Waals surface area contributed by atoms with Crippen molar-refractivity contribution >= 4 is 34.6 Å². The Balaban J connectivity index is 1.58. The van der Waals surface area contributed by atoms with Crippen LogP contribution in [0.25, 0.3) is 0 Å². The molecule has 1 aliphatic heterocycles. The number of thiazole rings is 1. The Kier molecular flexibility index (Phi) is 4.80. The number of rotatable bonds is 4. The molecule has 2 aromatic rings. The number of urea groups is 1. The summed E-state index contributed by atoms with van der Waals surface area (Å²) in [7, 11) is 1.78. The highest BCUT2D eigenvalue weighted by Crippen LogP contribution is 2.29. The van der Waals surface area contributed by atoms with E-state index in [1.807, 2.05) is 30.5 Å². The van der Waals surface area contributed by atoms with E-state index in [1.54, 1.807) is 29.5 Å². The normalized spacial score (nSPS) is 14.9. The number of nitrogens with zero attached hydrogens (tertiary/aromatic N) is 2. The number of anilines is 2. The van der Waals surface area contributed by atoms with Crippen molar-refractivity contribution in [1.29, 1.82) is 0 Å². The second-order valence-corrected chi connectivity index (χ2v) is 6.83. The van der Waals surface area contributed by atoms with E-state index in [2.05, 4.69) is 15.6 Å². The van der Waals surface area contributed by atoms with Crippen molar-refractivity contribution in [3.8, 4) is 0 Å². The Morgan fingerprint density at radius 2 is 2.25 bits per heavy atom. The molecule has 7 heteroatoms. The first-order valence-electron chi connectivity index (χ1n) is 7.88. The lowest BCUT2D eigenvalue weighted by molar-refractivity contribution is -0.118. The number of aryl methyl sites for hydroxylation is 1. The molecule has 1 aliphatic rings. The first-order valence-corrected chi connectivity index (χ1v) is 8.76. The molecule has 1 aromatic heterocycles. The summed E-state index contributed by atoms with van der Waals surface area (Å²) in [6, 6.07) is 5.39. The van der Waals surface area contributed by atoms with E-state index in [0.717, 1.165) is 21.9 Å². The molecule has 3 rings (SSSR count). The number of hydrogen-bond donors (Lipinski definition) is 2. The van der Waals surface area contributed by atoms with Crippen molar-refractivity contribution in [2.24, 2.45) is 0 Å². The molecule has 3 amide bonds. The summed E-state index contributed by atoms with van der Waals surface area (Å²) in [5, 5.41) is 8.66. The summed E-state index contributed by atoms with van der Waals surface area (Å²) < 4.78 is 0. The van der Waals surface area contributed by atoms with Crippen LogP contribution in [0.4, 0.5) is 16.2 Å². The molecule has 0 aliphatic carbocycles. The molecule has 6 nitrogen and oxygen atoms in total. The molecule has 126 valence electrons. The molecule has 0 bridgehead atoms. The standard InChI is InChI=1S/C17H20N4O2S/c1-11(16-18-7-8-24-16)10-19-17(23)20-13-4-5-14-12(9-13)3-6-15(22)21(14)2/h4-5,7-9,11H,3,6,10H2,1-2H3,(H2,19,20,23)/t11-/m0/s1. The zero-order chi connectivity index (χ0) is 17.1. The van der Waals surface area contributed by atoms with Gasteiger partial charge in [0.05, 0.1) is 5.01 Å². The van der Waals surface area contributed by atoms with E-state index in [4.69, 9.17) is 0 Å². The fourth-order valence-electron chi connectivity index (χ4n) is 2.72. The number of hydrogen-bond acceptors (Lipinski definition) is 4. The van der Waals surface area contributed by atoms with Crippen molar-refractivity contribution in [3.05, 3.63) is 40.3 Å². The molecule has 0 fully saturated rings. The minimum absolute atomic E-state index is 0.122. The van der Waals surface area contributed by atoms with Crippen molar-refractivity contribution in [2.75, 3.05) is 23.8 Å². The first kappa shape index (κ1) is 16.4. The smallest absolute Gasteiger partial charge is 0.319 e. The highest BCUT2D eigenvalue weighted by atomic mass is 32.1. The van der Waals surface area contributed by atoms with Crippen LogP contribution in [-0.2, 0) is 11.2 Å². The predicted octanol–water partition coefficient (Wildman–Crippen LogP) is 2.98. The Labute approximate surface area is 144 Å². The van der Waals surface area contributed by atoms with Crippen molar-refractivity contribution in [3.63, 3.8) is 0 Å². The fraction of sp³-hybridized carbons (Fsp3) is 0.353. The zero-order valence-electron chi connectivity index (χ0n) is 13.7. The third-order valence-electron chi connectivity index (χ3n) is 4.12. The van der Waals surface area contributed by atoms with Gasteiger partial charge >= 0.3 is 6.03 Å². The summed E-state index contributed by atoms with van der Waals surface area (Å²) in [4.78, 5) is 29.7. The molecule has 0 radical (unpaired) electrons. The van der Waals surface area contributed by atoms with Crippen LogP contribution in [0.5, 0.6) is 0 Å². The van der Waals surface area contributed by atoms with E-state index in [9.17, 15) is 9.59 Å². The number of fused-ring (bicyclic) bond motifs is 1. The minimum Gasteiger partial charge on any atom is -0.337 e. The summed E-state index contributed by atoms with van der Waals surface area (Å²) >= 11 is 1.59. The topological polar surface area (TPSA) is 74.3 Å². The summed E-state index contributed by atoms with van der Waals surface area (Å²) in [6.45, 7) is 2.56. The predicted molar refractivity (Wildman–Crippen MR) is 95.7 cm³/mol. The van der Waals surface area contributed by atoms with Crippen LogP contribution in [0.2, 0.25) is 0 Å². The largest absolute Gasteiger partial charge is 0.337 e. The summed E-state index contributed by atoms with van der Waals surface area (Å²) in [5.41, 5.74) is 2.72. The highest BCUT2D eigenvalue weighted by Gasteiger charge is 2.21. The van der Waals surface area contributed by atoms with E-state index < -0.39 is 0 Å². The Bertz CT molecular complexity index is 745. The molecule has 0 unspecified atom stereocenters. The first-order chi connectivity index (χ1) is 11.5. The van der Waals surface area contributed by atoms with Gasteiger partial charge in [0.25, 0.3) is 0 Å². The lowest BCUT2D eigenvalue weighted by Crippen LogP contribution is -2.32. The average Bonchev–Trinajstić information content (AvgIpc) is 3.11. The molecule has 0 saturated heterocycles. The molecular weight excluding hydrogens is 324 g/mol. The van der Waals surface area contributed by atoms with Crippen LogP contribution in [-0.4, -0.2) is 30.5 Å². The van der Waals surface area contributed by atoms with E-state index in [0.29, 0.717) is 19.4 Å². The van der Waals surface area contributed by atoms with Gasteiger partial charge in [0.2, 0.25) is 5.91 Å². The number of carbonyl (C=O) groups is 2. The Hall–Kier alpha value is -2.41. The van der Waals surface area contributed by atoms with Gasteiger partial charge in [-0.1, -0.05) is 6.92 Å². The highest BCUT2D eigenvalue weighted by molar-refractivity contribution is 7.09. The molecule has 2 heterocycles. The number of aromatic nitrogens is 1. The van der Waals surface area contributed by atoms with Gasteiger partial charge in [-0.15, -0.1) is 11.3 Å². The van der Waals surface area contributed by atoms with Crippen molar-refractivity contribution < 1.29 is 9.59 Å². The maximum Gasteiger partial charge on any atom is 0.319 e. The zero-order valence-corrected chi connectivity index (χ0v) is 14.5. The Morgan fingerprint density at radius 1 is 1.42 bits per heavy atom. The molecule has 0 saturated carbocycles. The van der Waals surface area contributed by atoms with E-state index in [-0.39, 0.29) is 17.9 Å². The third kappa shape index (κ3) is 3.56. The number of amides is 3. The van der Waals surface area contributed by atoms with Crippen LogP contribution in [0.3, 0.4) is 0 Å². The second kappa shape index (κ2) is 7.00. The molecular formula is C17H20N4O2S. The maximum absolute atomic E-state index is 12.1. The summed E-state index contributed by atoms with van der Waals surface area (Å²) in [5.74, 6) is 0.302. The van der Waals surface area contributed by atoms with Gasteiger partial charge in [-0.05, 0) is 30.2 Å². The van der Waals surface area contributed by atoms with Gasteiger partial charge in [0, 0.05) is 48.9 Å². The van der Waals surface area contributed by atoms with Gasteiger partial charge in [-0.3, -0.25) is 4.79 Å². The van der Waals surface area contributed by atoms with Crippen LogP contribution >= 0.6 is 11.3 Å². The monoisotopic (exact) mass is 344 g/mol. The van der Waals surface area contributed by atoms with Gasteiger partial charge in [0.1, 0.15) is 0 Å². The lowest BCUT2D eigenvalue weighted by Gasteiger charge is -2.26. The number of carbonyl (C=O) groups excluding carboxylic acids is 2. The molecule has 2 N–H and O–H groups in total. The molecule has 0 spiro atoms. The molecule has 24 heavy (non-hydrogen) atoms. The lowest BCUT2D eigenvalue weighted by atomic mass is 10.0. The molecule has 1 aromatic carbocycles. The van der Waals surface area contributed by atoms with E-state index in [1.165, 1.54) is 0 Å². The summed E-state index contributed by atoms with van der Waals surface area (Å²) in [6.07, 6.45) is 2.98. The molecule has 1 atom stereocenters. The fourth-order valence-corrected chi connectivity index (χ4v) is 3.42. The van der Waals surface area contributed by atoms with Gasteiger partial charge in [-0.2, -0.15) is 0 Å².